The molecule has 2 heterocycles. The molecule has 1 N–H and O–H groups in total. The third-order valence-electron chi connectivity index (χ3n) is 6.65. The van der Waals surface area contributed by atoms with Crippen molar-refractivity contribution in [2.45, 2.75) is 57.8 Å². The van der Waals surface area contributed by atoms with Gasteiger partial charge in [0.1, 0.15) is 0 Å². The second-order valence-electron chi connectivity index (χ2n) is 8.17. The minimum absolute atomic E-state index is 0.0157. The Morgan fingerprint density at radius 1 is 1.00 bits per heavy atom. The van der Waals surface area contributed by atoms with Crippen LogP contribution in [0.3, 0.4) is 0 Å². The molecule has 0 bridgehead atoms. The van der Waals surface area contributed by atoms with Crippen molar-refractivity contribution in [3.8, 4) is 0 Å². The molecule has 24 heavy (non-hydrogen) atoms. The van der Waals surface area contributed by atoms with Crippen molar-refractivity contribution in [3.05, 3.63) is 17.8 Å². The minimum atomic E-state index is -1.02. The second-order valence-corrected chi connectivity index (χ2v) is 8.17. The Hall–Kier alpha value is -1.65. The molecule has 0 radical (unpaired) electrons. The van der Waals surface area contributed by atoms with Crippen molar-refractivity contribution >= 4 is 11.8 Å². The van der Waals surface area contributed by atoms with Gasteiger partial charge >= 0.3 is 5.97 Å². The van der Waals surface area contributed by atoms with Crippen LogP contribution in [0.15, 0.2) is 12.1 Å². The van der Waals surface area contributed by atoms with E-state index >= 15 is 0 Å². The molecule has 5 heteroatoms. The largest absolute Gasteiger partial charge is 0.476 e. The van der Waals surface area contributed by atoms with Crippen LogP contribution in [0.5, 0.6) is 0 Å². The highest BCUT2D eigenvalue weighted by molar-refractivity contribution is 5.85. The summed E-state index contributed by atoms with van der Waals surface area (Å²) < 4.78 is 0. The first-order chi connectivity index (χ1) is 11.7. The zero-order valence-electron chi connectivity index (χ0n) is 14.3. The molecular formula is C19H27N3O2. The maximum Gasteiger partial charge on any atom is 0.356 e. The van der Waals surface area contributed by atoms with E-state index < -0.39 is 5.97 Å². The highest BCUT2D eigenvalue weighted by Crippen LogP contribution is 2.49. The van der Waals surface area contributed by atoms with Crippen molar-refractivity contribution in [2.75, 3.05) is 18.0 Å². The fourth-order valence-electron chi connectivity index (χ4n) is 5.18. The molecule has 3 fully saturated rings. The predicted octanol–water partition coefficient (Wildman–Crippen LogP) is 3.75. The van der Waals surface area contributed by atoms with Gasteiger partial charge in [0, 0.05) is 18.5 Å². The third-order valence-corrected chi connectivity index (χ3v) is 6.65. The lowest BCUT2D eigenvalue weighted by Crippen LogP contribution is -2.58. The average molecular weight is 329 g/mol. The summed E-state index contributed by atoms with van der Waals surface area (Å²) in [5.74, 6) is 1.77. The van der Waals surface area contributed by atoms with E-state index in [1.165, 1.54) is 57.8 Å². The van der Waals surface area contributed by atoms with Crippen LogP contribution in [0, 0.1) is 17.3 Å². The average Bonchev–Trinajstić information content (AvgIpc) is 2.61. The van der Waals surface area contributed by atoms with Crippen LogP contribution in [0.4, 0.5) is 5.82 Å². The number of nitrogens with zero attached hydrogens (tertiary/aromatic N) is 3. The summed E-state index contributed by atoms with van der Waals surface area (Å²) in [5, 5.41) is 16.8. The molecule has 130 valence electrons. The highest BCUT2D eigenvalue weighted by Gasteiger charge is 2.46. The van der Waals surface area contributed by atoms with E-state index in [1.807, 2.05) is 0 Å². The summed E-state index contributed by atoms with van der Waals surface area (Å²) in [6.07, 6.45) is 12.8. The van der Waals surface area contributed by atoms with E-state index in [2.05, 4.69) is 15.1 Å². The van der Waals surface area contributed by atoms with E-state index in [1.54, 1.807) is 12.1 Å². The van der Waals surface area contributed by atoms with Gasteiger partial charge in [-0.05, 0) is 49.7 Å². The lowest BCUT2D eigenvalue weighted by molar-refractivity contribution is 0.0687. The molecule has 0 unspecified atom stereocenters. The summed E-state index contributed by atoms with van der Waals surface area (Å²) >= 11 is 0. The molecule has 4 rings (SSSR count). The number of hydrogen-bond donors (Lipinski definition) is 1. The van der Waals surface area contributed by atoms with Gasteiger partial charge in [-0.25, -0.2) is 4.79 Å². The molecule has 0 amide bonds. The second kappa shape index (κ2) is 6.34. The molecule has 1 saturated heterocycles. The molecule has 2 aliphatic carbocycles. The summed E-state index contributed by atoms with van der Waals surface area (Å²) in [5.41, 5.74) is 0.500. The molecule has 1 aromatic rings. The summed E-state index contributed by atoms with van der Waals surface area (Å²) in [4.78, 5) is 13.1. The Kier molecular flexibility index (Phi) is 4.19. The van der Waals surface area contributed by atoms with Crippen molar-refractivity contribution < 1.29 is 9.90 Å². The van der Waals surface area contributed by atoms with Crippen LogP contribution in [0.1, 0.15) is 68.3 Å². The molecule has 0 atom stereocenters. The van der Waals surface area contributed by atoms with Crippen LogP contribution < -0.4 is 4.90 Å². The summed E-state index contributed by atoms with van der Waals surface area (Å²) in [6.45, 7) is 2.12. The van der Waals surface area contributed by atoms with Gasteiger partial charge < -0.3 is 10.0 Å². The Morgan fingerprint density at radius 3 is 2.25 bits per heavy atom. The smallest absolute Gasteiger partial charge is 0.356 e. The maximum atomic E-state index is 10.9. The Bertz CT molecular complexity index is 579. The van der Waals surface area contributed by atoms with Crippen LogP contribution in [-0.4, -0.2) is 34.4 Å². The summed E-state index contributed by atoms with van der Waals surface area (Å²) in [6, 6.07) is 3.34. The Morgan fingerprint density at radius 2 is 1.67 bits per heavy atom. The number of aromatic nitrogens is 2. The summed E-state index contributed by atoms with van der Waals surface area (Å²) in [7, 11) is 0. The fraction of sp³-hybridized carbons (Fsp3) is 0.737. The van der Waals surface area contributed by atoms with Gasteiger partial charge in [0.2, 0.25) is 0 Å². The third kappa shape index (κ3) is 3.01. The van der Waals surface area contributed by atoms with Gasteiger partial charge in [0.15, 0.2) is 11.5 Å². The number of carboxylic acid groups (broad SMARTS) is 1. The van der Waals surface area contributed by atoms with Crippen molar-refractivity contribution in [1.29, 1.82) is 0 Å². The SMILES string of the molecule is O=C(O)c1ccc(N2CC3(CCC(C4CCCCC4)CC3)C2)nn1. The van der Waals surface area contributed by atoms with Crippen molar-refractivity contribution in [2.24, 2.45) is 17.3 Å². The molecule has 2 saturated carbocycles. The van der Waals surface area contributed by atoms with Crippen LogP contribution >= 0.6 is 0 Å². The van der Waals surface area contributed by atoms with Crippen LogP contribution in [0.2, 0.25) is 0 Å². The number of aromatic carboxylic acids is 1. The number of carbonyl (C=O) groups is 1. The van der Waals surface area contributed by atoms with Crippen LogP contribution in [-0.2, 0) is 0 Å². The zero-order valence-corrected chi connectivity index (χ0v) is 14.3. The molecule has 5 nitrogen and oxygen atoms in total. The molecular weight excluding hydrogens is 302 g/mol. The zero-order chi connectivity index (χ0) is 16.6. The van der Waals surface area contributed by atoms with E-state index in [9.17, 15) is 4.79 Å². The van der Waals surface area contributed by atoms with Crippen molar-refractivity contribution in [1.82, 2.24) is 10.2 Å². The highest BCUT2D eigenvalue weighted by atomic mass is 16.4. The van der Waals surface area contributed by atoms with Crippen molar-refractivity contribution in [3.63, 3.8) is 0 Å². The minimum Gasteiger partial charge on any atom is -0.476 e. The number of carboxylic acids is 1. The normalized spacial score (nSPS) is 24.8. The first-order valence-corrected chi connectivity index (χ1v) is 9.47. The van der Waals surface area contributed by atoms with Crippen LogP contribution in [0.25, 0.3) is 0 Å². The first kappa shape index (κ1) is 15.9. The lowest BCUT2D eigenvalue weighted by atomic mass is 9.62. The predicted molar refractivity (Wildman–Crippen MR) is 92.2 cm³/mol. The number of anilines is 1. The molecule has 1 aromatic heterocycles. The van der Waals surface area contributed by atoms with Gasteiger partial charge in [-0.15, -0.1) is 10.2 Å². The molecule has 1 spiro atoms. The van der Waals surface area contributed by atoms with Gasteiger partial charge in [0.25, 0.3) is 0 Å². The van der Waals surface area contributed by atoms with Gasteiger partial charge in [0.05, 0.1) is 0 Å². The number of rotatable bonds is 3. The fourth-order valence-corrected chi connectivity index (χ4v) is 5.18. The van der Waals surface area contributed by atoms with Gasteiger partial charge in [-0.2, -0.15) is 0 Å². The monoisotopic (exact) mass is 329 g/mol. The number of hydrogen-bond acceptors (Lipinski definition) is 4. The standard InChI is InChI=1S/C19H27N3O2/c23-18(24)16-6-7-17(21-20-16)22-12-19(13-22)10-8-15(9-11-19)14-4-2-1-3-5-14/h6-7,14-15H,1-5,8-13H2,(H,23,24). The molecule has 0 aromatic carbocycles. The maximum absolute atomic E-state index is 10.9. The Balaban J connectivity index is 1.30. The quantitative estimate of drug-likeness (QED) is 0.915. The Labute approximate surface area is 143 Å². The van der Waals surface area contributed by atoms with E-state index in [0.29, 0.717) is 5.41 Å². The topological polar surface area (TPSA) is 66.3 Å². The van der Waals surface area contributed by atoms with Gasteiger partial charge in [-0.1, -0.05) is 32.1 Å². The molecule has 3 aliphatic rings. The molecule has 1 aliphatic heterocycles. The lowest BCUT2D eigenvalue weighted by Gasteiger charge is -2.54. The van der Waals surface area contributed by atoms with E-state index in [4.69, 9.17) is 5.11 Å². The van der Waals surface area contributed by atoms with Gasteiger partial charge in [-0.3, -0.25) is 0 Å². The van der Waals surface area contributed by atoms with E-state index in [0.717, 1.165) is 30.7 Å². The first-order valence-electron chi connectivity index (χ1n) is 9.47. The van der Waals surface area contributed by atoms with E-state index in [-0.39, 0.29) is 5.69 Å².